The number of nitrogens with one attached hydrogen (secondary N) is 1. The fraction of sp³-hybridized carbons (Fsp3) is 1.00. The molecule has 0 bridgehead atoms. The average Bonchev–Trinajstić information content (AvgIpc) is 2.32. The van der Waals surface area contributed by atoms with Crippen LogP contribution in [0.1, 0.15) is 58.8 Å². The van der Waals surface area contributed by atoms with E-state index in [-0.39, 0.29) is 0 Å². The molecule has 2 rings (SSSR count). The van der Waals surface area contributed by atoms with Crippen LogP contribution in [-0.4, -0.2) is 24.8 Å². The second-order valence-corrected chi connectivity index (χ2v) is 5.75. The van der Waals surface area contributed by atoms with Crippen LogP contribution in [0.4, 0.5) is 0 Å². The first kappa shape index (κ1) is 12.4. The Morgan fingerprint density at radius 2 is 1.81 bits per heavy atom. The normalized spacial score (nSPS) is 40.9. The van der Waals surface area contributed by atoms with E-state index in [4.69, 9.17) is 4.74 Å². The van der Waals surface area contributed by atoms with Crippen LogP contribution in [0.25, 0.3) is 0 Å². The third kappa shape index (κ3) is 3.46. The molecule has 1 saturated carbocycles. The van der Waals surface area contributed by atoms with Gasteiger partial charge >= 0.3 is 0 Å². The zero-order chi connectivity index (χ0) is 11.4. The maximum absolute atomic E-state index is 5.72. The number of hydrogen-bond acceptors (Lipinski definition) is 2. The van der Waals surface area contributed by atoms with Gasteiger partial charge in [0.05, 0.1) is 6.10 Å². The minimum atomic E-state index is 0.508. The van der Waals surface area contributed by atoms with Crippen LogP contribution in [0.2, 0.25) is 0 Å². The van der Waals surface area contributed by atoms with E-state index in [0.29, 0.717) is 6.10 Å². The van der Waals surface area contributed by atoms with Crippen molar-refractivity contribution in [2.24, 2.45) is 5.92 Å². The molecule has 0 amide bonds. The quantitative estimate of drug-likeness (QED) is 0.797. The van der Waals surface area contributed by atoms with Gasteiger partial charge in [-0.1, -0.05) is 13.8 Å². The first-order valence-electron chi connectivity index (χ1n) is 7.15. The van der Waals surface area contributed by atoms with Crippen molar-refractivity contribution in [3.05, 3.63) is 0 Å². The van der Waals surface area contributed by atoms with Crippen LogP contribution in [0, 0.1) is 5.92 Å². The van der Waals surface area contributed by atoms with E-state index in [1.807, 2.05) is 0 Å². The number of ether oxygens (including phenoxy) is 1. The summed E-state index contributed by atoms with van der Waals surface area (Å²) >= 11 is 0. The molecule has 2 fully saturated rings. The standard InChI is InChI=1S/C14H27NO/c1-3-14-10-13(8-9-16-14)15-12-6-4-11(2)5-7-12/h11-15H,3-10H2,1-2H3. The lowest BCUT2D eigenvalue weighted by molar-refractivity contribution is -0.00300. The molecule has 1 aliphatic heterocycles. The van der Waals surface area contributed by atoms with Crippen LogP contribution in [0.3, 0.4) is 0 Å². The summed E-state index contributed by atoms with van der Waals surface area (Å²) in [6.45, 7) is 5.58. The highest BCUT2D eigenvalue weighted by molar-refractivity contribution is 4.82. The highest BCUT2D eigenvalue weighted by atomic mass is 16.5. The van der Waals surface area contributed by atoms with Crippen molar-refractivity contribution in [3.63, 3.8) is 0 Å². The molecule has 16 heavy (non-hydrogen) atoms. The predicted octanol–water partition coefficient (Wildman–Crippen LogP) is 3.11. The van der Waals surface area contributed by atoms with Gasteiger partial charge in [0, 0.05) is 18.7 Å². The topological polar surface area (TPSA) is 21.3 Å². The Bertz CT molecular complexity index is 199. The zero-order valence-electron chi connectivity index (χ0n) is 10.9. The van der Waals surface area contributed by atoms with Gasteiger partial charge in [0.1, 0.15) is 0 Å². The lowest BCUT2D eigenvalue weighted by Crippen LogP contribution is -2.45. The fourth-order valence-corrected chi connectivity index (χ4v) is 3.08. The minimum Gasteiger partial charge on any atom is -0.378 e. The van der Waals surface area contributed by atoms with Gasteiger partial charge in [-0.3, -0.25) is 0 Å². The first-order chi connectivity index (χ1) is 7.78. The Morgan fingerprint density at radius 1 is 1.06 bits per heavy atom. The largest absolute Gasteiger partial charge is 0.378 e. The van der Waals surface area contributed by atoms with Gasteiger partial charge in [0.2, 0.25) is 0 Å². The van der Waals surface area contributed by atoms with Crippen molar-refractivity contribution in [2.45, 2.75) is 77.0 Å². The van der Waals surface area contributed by atoms with Gasteiger partial charge < -0.3 is 10.1 Å². The molecule has 2 unspecified atom stereocenters. The number of hydrogen-bond donors (Lipinski definition) is 1. The SMILES string of the molecule is CCC1CC(NC2CCC(C)CC2)CCO1. The molecular weight excluding hydrogens is 198 g/mol. The smallest absolute Gasteiger partial charge is 0.0587 e. The Labute approximate surface area is 100 Å². The summed E-state index contributed by atoms with van der Waals surface area (Å²) in [5.74, 6) is 0.955. The molecule has 2 aliphatic rings. The van der Waals surface area contributed by atoms with Crippen molar-refractivity contribution >= 4 is 0 Å². The van der Waals surface area contributed by atoms with Crippen LogP contribution in [0.15, 0.2) is 0 Å². The van der Waals surface area contributed by atoms with Crippen LogP contribution in [0.5, 0.6) is 0 Å². The summed E-state index contributed by atoms with van der Waals surface area (Å²) in [7, 11) is 0. The molecule has 2 heteroatoms. The third-order valence-electron chi connectivity index (χ3n) is 4.31. The Hall–Kier alpha value is -0.0800. The second kappa shape index (κ2) is 6.02. The molecule has 0 aromatic carbocycles. The summed E-state index contributed by atoms with van der Waals surface area (Å²) in [5.41, 5.74) is 0. The monoisotopic (exact) mass is 225 g/mol. The van der Waals surface area contributed by atoms with Crippen molar-refractivity contribution in [1.82, 2.24) is 5.32 Å². The third-order valence-corrected chi connectivity index (χ3v) is 4.31. The minimum absolute atomic E-state index is 0.508. The highest BCUT2D eigenvalue weighted by Gasteiger charge is 2.25. The molecule has 1 heterocycles. The molecule has 0 aromatic rings. The molecule has 1 aliphatic carbocycles. The highest BCUT2D eigenvalue weighted by Crippen LogP contribution is 2.25. The molecule has 1 N–H and O–H groups in total. The predicted molar refractivity (Wildman–Crippen MR) is 67.6 cm³/mol. The van der Waals surface area contributed by atoms with Crippen molar-refractivity contribution in [2.75, 3.05) is 6.61 Å². The summed E-state index contributed by atoms with van der Waals surface area (Å²) < 4.78 is 5.72. The van der Waals surface area contributed by atoms with Gasteiger partial charge in [0.25, 0.3) is 0 Å². The second-order valence-electron chi connectivity index (χ2n) is 5.75. The van der Waals surface area contributed by atoms with Gasteiger partial charge in [-0.15, -0.1) is 0 Å². The summed E-state index contributed by atoms with van der Waals surface area (Å²) in [4.78, 5) is 0. The molecule has 0 radical (unpaired) electrons. The molecular formula is C14H27NO. The van der Waals surface area contributed by atoms with Crippen LogP contribution >= 0.6 is 0 Å². The first-order valence-corrected chi connectivity index (χ1v) is 7.15. The van der Waals surface area contributed by atoms with Gasteiger partial charge in [-0.05, 0) is 50.9 Å². The maximum atomic E-state index is 5.72. The Balaban J connectivity index is 1.72. The lowest BCUT2D eigenvalue weighted by atomic mass is 9.86. The summed E-state index contributed by atoms with van der Waals surface area (Å²) in [6.07, 6.45) is 9.71. The van der Waals surface area contributed by atoms with E-state index in [1.54, 1.807) is 0 Å². The van der Waals surface area contributed by atoms with Crippen molar-refractivity contribution in [1.29, 1.82) is 0 Å². The summed E-state index contributed by atoms with van der Waals surface area (Å²) in [5, 5.41) is 3.86. The van der Waals surface area contributed by atoms with Gasteiger partial charge in [-0.25, -0.2) is 0 Å². The van der Waals surface area contributed by atoms with Crippen LogP contribution in [-0.2, 0) is 4.74 Å². The zero-order valence-corrected chi connectivity index (χ0v) is 10.9. The van der Waals surface area contributed by atoms with E-state index in [0.717, 1.165) is 24.6 Å². The van der Waals surface area contributed by atoms with Crippen molar-refractivity contribution in [3.8, 4) is 0 Å². The van der Waals surface area contributed by atoms with E-state index in [9.17, 15) is 0 Å². The fourth-order valence-electron chi connectivity index (χ4n) is 3.08. The van der Waals surface area contributed by atoms with E-state index >= 15 is 0 Å². The molecule has 2 atom stereocenters. The number of rotatable bonds is 3. The lowest BCUT2D eigenvalue weighted by Gasteiger charge is -2.35. The van der Waals surface area contributed by atoms with Gasteiger partial charge in [-0.2, -0.15) is 0 Å². The average molecular weight is 225 g/mol. The molecule has 0 aromatic heterocycles. The maximum Gasteiger partial charge on any atom is 0.0587 e. The van der Waals surface area contributed by atoms with E-state index < -0.39 is 0 Å². The van der Waals surface area contributed by atoms with Crippen molar-refractivity contribution < 1.29 is 4.74 Å². The Morgan fingerprint density at radius 3 is 2.50 bits per heavy atom. The van der Waals surface area contributed by atoms with E-state index in [1.165, 1.54) is 44.9 Å². The molecule has 2 nitrogen and oxygen atoms in total. The molecule has 1 saturated heterocycles. The summed E-state index contributed by atoms with van der Waals surface area (Å²) in [6, 6.07) is 1.51. The molecule has 0 spiro atoms. The Kier molecular flexibility index (Phi) is 4.66. The van der Waals surface area contributed by atoms with Crippen LogP contribution < -0.4 is 5.32 Å². The van der Waals surface area contributed by atoms with E-state index in [2.05, 4.69) is 19.2 Å². The molecule has 94 valence electrons. The van der Waals surface area contributed by atoms with Gasteiger partial charge in [0.15, 0.2) is 0 Å².